The molecule has 0 bridgehead atoms. The zero-order valence-electron chi connectivity index (χ0n) is 9.00. The number of Topliss-reactive ketones (excluding diaryl/α,β-unsaturated/α-hetero) is 1. The van der Waals surface area contributed by atoms with Crippen LogP contribution in [0.3, 0.4) is 0 Å². The highest BCUT2D eigenvalue weighted by Crippen LogP contribution is 2.08. The summed E-state index contributed by atoms with van der Waals surface area (Å²) < 4.78 is 0. The SMILES string of the molecule is CCC(=O)[C@H](CC(C)C)NC(C)S. The molecule has 2 atom stereocenters. The van der Waals surface area contributed by atoms with Gasteiger partial charge < -0.3 is 0 Å². The Morgan fingerprint density at radius 1 is 1.38 bits per heavy atom. The number of carbonyl (C=O) groups excluding carboxylic acids is 1. The van der Waals surface area contributed by atoms with Gasteiger partial charge in [0.05, 0.1) is 6.04 Å². The standard InChI is InChI=1S/C10H21NOS/c1-5-10(12)9(6-7(2)3)11-8(4)13/h7-9,11,13H,5-6H2,1-4H3/t8?,9-/m0/s1. The van der Waals surface area contributed by atoms with Crippen molar-refractivity contribution in [3.05, 3.63) is 0 Å². The third-order valence-corrected chi connectivity index (χ3v) is 2.04. The second-order valence-electron chi connectivity index (χ2n) is 3.84. The molecule has 0 saturated heterocycles. The fraction of sp³-hybridized carbons (Fsp3) is 0.900. The summed E-state index contributed by atoms with van der Waals surface area (Å²) in [6.07, 6.45) is 1.50. The molecule has 0 heterocycles. The fourth-order valence-corrected chi connectivity index (χ4v) is 1.48. The Labute approximate surface area is 86.9 Å². The van der Waals surface area contributed by atoms with Gasteiger partial charge in [-0.1, -0.05) is 20.8 Å². The molecule has 0 amide bonds. The molecule has 13 heavy (non-hydrogen) atoms. The number of thiol groups is 1. The molecule has 0 fully saturated rings. The van der Waals surface area contributed by atoms with Gasteiger partial charge in [0.15, 0.2) is 0 Å². The lowest BCUT2D eigenvalue weighted by Crippen LogP contribution is -2.40. The van der Waals surface area contributed by atoms with E-state index in [9.17, 15) is 4.79 Å². The Kier molecular flexibility index (Phi) is 6.43. The number of rotatable bonds is 6. The van der Waals surface area contributed by atoms with E-state index in [0.717, 1.165) is 6.42 Å². The molecule has 78 valence electrons. The van der Waals surface area contributed by atoms with E-state index >= 15 is 0 Å². The van der Waals surface area contributed by atoms with Crippen LogP contribution >= 0.6 is 12.6 Å². The molecular weight excluding hydrogens is 182 g/mol. The van der Waals surface area contributed by atoms with E-state index in [4.69, 9.17) is 0 Å². The molecule has 0 rings (SSSR count). The van der Waals surface area contributed by atoms with Crippen molar-refractivity contribution in [2.45, 2.75) is 52.0 Å². The van der Waals surface area contributed by atoms with Gasteiger partial charge in [-0.25, -0.2) is 0 Å². The Hall–Kier alpha value is -0.0200. The Bertz CT molecular complexity index is 147. The lowest BCUT2D eigenvalue weighted by Gasteiger charge is -2.20. The van der Waals surface area contributed by atoms with Crippen LogP contribution < -0.4 is 5.32 Å². The summed E-state index contributed by atoms with van der Waals surface area (Å²) in [7, 11) is 0. The number of hydrogen-bond acceptors (Lipinski definition) is 3. The average Bonchev–Trinajstić information content (AvgIpc) is 2.00. The van der Waals surface area contributed by atoms with Crippen LogP contribution in [0.15, 0.2) is 0 Å². The molecule has 0 spiro atoms. The summed E-state index contributed by atoms with van der Waals surface area (Å²) in [5, 5.41) is 3.26. The highest BCUT2D eigenvalue weighted by atomic mass is 32.1. The van der Waals surface area contributed by atoms with Crippen molar-refractivity contribution in [3.8, 4) is 0 Å². The summed E-state index contributed by atoms with van der Waals surface area (Å²) >= 11 is 4.23. The Balaban J connectivity index is 4.10. The zero-order chi connectivity index (χ0) is 10.4. The van der Waals surface area contributed by atoms with Gasteiger partial charge in [0.1, 0.15) is 5.78 Å². The quantitative estimate of drug-likeness (QED) is 0.512. The van der Waals surface area contributed by atoms with Gasteiger partial charge in [-0.3, -0.25) is 10.1 Å². The fourth-order valence-electron chi connectivity index (χ4n) is 1.30. The van der Waals surface area contributed by atoms with Crippen LogP contribution in [0.25, 0.3) is 0 Å². The third-order valence-electron chi connectivity index (χ3n) is 1.89. The predicted octanol–water partition coefficient (Wildman–Crippen LogP) is 2.25. The summed E-state index contributed by atoms with van der Waals surface area (Å²) in [5.74, 6) is 0.828. The second-order valence-corrected chi connectivity index (χ2v) is 4.62. The van der Waals surface area contributed by atoms with E-state index in [-0.39, 0.29) is 17.2 Å². The van der Waals surface area contributed by atoms with Gasteiger partial charge in [0, 0.05) is 11.8 Å². The van der Waals surface area contributed by atoms with Crippen molar-refractivity contribution in [1.82, 2.24) is 5.32 Å². The molecule has 1 unspecified atom stereocenters. The summed E-state index contributed by atoms with van der Waals surface area (Å²) in [4.78, 5) is 11.5. The highest BCUT2D eigenvalue weighted by molar-refractivity contribution is 7.80. The lowest BCUT2D eigenvalue weighted by atomic mass is 9.99. The molecule has 0 aromatic rings. The molecule has 0 aromatic carbocycles. The van der Waals surface area contributed by atoms with Gasteiger partial charge in [0.25, 0.3) is 0 Å². The monoisotopic (exact) mass is 203 g/mol. The van der Waals surface area contributed by atoms with Crippen LogP contribution in [-0.2, 0) is 4.79 Å². The molecule has 0 aliphatic carbocycles. The van der Waals surface area contributed by atoms with Crippen LogP contribution in [-0.4, -0.2) is 17.2 Å². The maximum absolute atomic E-state index is 11.5. The van der Waals surface area contributed by atoms with E-state index < -0.39 is 0 Å². The molecule has 0 aromatic heterocycles. The van der Waals surface area contributed by atoms with Gasteiger partial charge in [-0.05, 0) is 19.3 Å². The average molecular weight is 203 g/mol. The smallest absolute Gasteiger partial charge is 0.149 e. The van der Waals surface area contributed by atoms with Crippen LogP contribution in [0, 0.1) is 5.92 Å². The first-order valence-corrected chi connectivity index (χ1v) is 5.45. The third kappa shape index (κ3) is 6.11. The number of hydrogen-bond donors (Lipinski definition) is 2. The number of carbonyl (C=O) groups is 1. The van der Waals surface area contributed by atoms with Crippen molar-refractivity contribution >= 4 is 18.4 Å². The summed E-state index contributed by atoms with van der Waals surface area (Å²) in [5.41, 5.74) is 0. The molecule has 0 saturated carbocycles. The first kappa shape index (κ1) is 13.0. The molecular formula is C10H21NOS. The Morgan fingerprint density at radius 2 is 1.92 bits per heavy atom. The Morgan fingerprint density at radius 3 is 2.23 bits per heavy atom. The molecule has 0 aliphatic rings. The minimum absolute atomic E-state index is 0.0162. The number of ketones is 1. The van der Waals surface area contributed by atoms with Crippen LogP contribution in [0.2, 0.25) is 0 Å². The summed E-state index contributed by atoms with van der Waals surface area (Å²) in [6, 6.07) is -0.0162. The van der Waals surface area contributed by atoms with Crippen molar-refractivity contribution in [1.29, 1.82) is 0 Å². The van der Waals surface area contributed by atoms with Crippen LogP contribution in [0.5, 0.6) is 0 Å². The topological polar surface area (TPSA) is 29.1 Å². The molecule has 0 radical (unpaired) electrons. The first-order valence-electron chi connectivity index (χ1n) is 4.94. The molecule has 3 heteroatoms. The van der Waals surface area contributed by atoms with Crippen molar-refractivity contribution < 1.29 is 4.79 Å². The highest BCUT2D eigenvalue weighted by Gasteiger charge is 2.18. The van der Waals surface area contributed by atoms with Crippen molar-refractivity contribution in [2.75, 3.05) is 0 Å². The number of nitrogens with one attached hydrogen (secondary N) is 1. The van der Waals surface area contributed by atoms with E-state index in [1.165, 1.54) is 0 Å². The van der Waals surface area contributed by atoms with Crippen LogP contribution in [0.4, 0.5) is 0 Å². The second kappa shape index (κ2) is 6.44. The maximum Gasteiger partial charge on any atom is 0.149 e. The van der Waals surface area contributed by atoms with Gasteiger partial charge in [0.2, 0.25) is 0 Å². The van der Waals surface area contributed by atoms with Gasteiger partial charge in [-0.15, -0.1) is 0 Å². The normalized spacial score (nSPS) is 15.8. The molecule has 0 aliphatic heterocycles. The largest absolute Gasteiger partial charge is 0.298 e. The zero-order valence-corrected chi connectivity index (χ0v) is 9.90. The van der Waals surface area contributed by atoms with Crippen LogP contribution in [0.1, 0.15) is 40.5 Å². The van der Waals surface area contributed by atoms with E-state index in [2.05, 4.69) is 31.8 Å². The maximum atomic E-state index is 11.5. The molecule has 2 nitrogen and oxygen atoms in total. The molecule has 1 N–H and O–H groups in total. The van der Waals surface area contributed by atoms with E-state index in [1.54, 1.807) is 0 Å². The van der Waals surface area contributed by atoms with E-state index in [0.29, 0.717) is 12.3 Å². The predicted molar refractivity (Wildman–Crippen MR) is 60.1 cm³/mol. The lowest BCUT2D eigenvalue weighted by molar-refractivity contribution is -0.121. The first-order chi connectivity index (χ1) is 5.97. The minimum atomic E-state index is -0.0162. The minimum Gasteiger partial charge on any atom is -0.298 e. The van der Waals surface area contributed by atoms with Gasteiger partial charge >= 0.3 is 0 Å². The van der Waals surface area contributed by atoms with E-state index in [1.807, 2.05) is 13.8 Å². The van der Waals surface area contributed by atoms with Crippen molar-refractivity contribution in [3.63, 3.8) is 0 Å². The van der Waals surface area contributed by atoms with Crippen molar-refractivity contribution in [2.24, 2.45) is 5.92 Å². The van der Waals surface area contributed by atoms with Gasteiger partial charge in [-0.2, -0.15) is 12.6 Å². The summed E-state index contributed by atoms with van der Waals surface area (Å²) in [6.45, 7) is 8.10.